The molecule has 1 saturated heterocycles. The van der Waals surface area contributed by atoms with Crippen LogP contribution in [0.25, 0.3) is 0 Å². The maximum absolute atomic E-state index is 14.0. The average molecular weight is 286 g/mol. The number of halogens is 3. The smallest absolute Gasteiger partial charge is 0.161 e. The Hall–Kier alpha value is -1.07. The van der Waals surface area contributed by atoms with Crippen LogP contribution in [0.2, 0.25) is 0 Å². The minimum Gasteiger partial charge on any atom is -0.317 e. The van der Waals surface area contributed by atoms with Crippen LogP contribution in [-0.4, -0.2) is 31.6 Å². The number of likely N-dealkylation sites (tertiary alicyclic amines) is 1. The molecule has 112 valence electrons. The highest BCUT2D eigenvalue weighted by Crippen LogP contribution is 2.36. The summed E-state index contributed by atoms with van der Waals surface area (Å²) in [6.45, 7) is 4.45. The SMILES string of the molecule is CCNCC1CCCN(C)C1c1cc(F)c(F)cc1F. The van der Waals surface area contributed by atoms with E-state index in [0.717, 1.165) is 38.5 Å². The van der Waals surface area contributed by atoms with Crippen molar-refractivity contribution in [2.24, 2.45) is 5.92 Å². The fraction of sp³-hybridized carbons (Fsp3) is 0.600. The van der Waals surface area contributed by atoms with Crippen molar-refractivity contribution in [2.45, 2.75) is 25.8 Å². The fourth-order valence-corrected chi connectivity index (χ4v) is 3.06. The third-order valence-electron chi connectivity index (χ3n) is 4.02. The van der Waals surface area contributed by atoms with Gasteiger partial charge in [0.2, 0.25) is 0 Å². The summed E-state index contributed by atoms with van der Waals surface area (Å²) in [5.74, 6) is -2.58. The Labute approximate surface area is 118 Å². The number of nitrogens with one attached hydrogen (secondary N) is 1. The highest BCUT2D eigenvalue weighted by atomic mass is 19.2. The highest BCUT2D eigenvalue weighted by molar-refractivity contribution is 5.25. The van der Waals surface area contributed by atoms with Gasteiger partial charge in [-0.2, -0.15) is 0 Å². The van der Waals surface area contributed by atoms with Gasteiger partial charge in [-0.3, -0.25) is 4.90 Å². The largest absolute Gasteiger partial charge is 0.317 e. The number of hydrogen-bond acceptors (Lipinski definition) is 2. The van der Waals surface area contributed by atoms with Crippen LogP contribution in [0.4, 0.5) is 13.2 Å². The highest BCUT2D eigenvalue weighted by Gasteiger charge is 2.32. The molecule has 0 spiro atoms. The Morgan fingerprint density at radius 2 is 1.90 bits per heavy atom. The molecular formula is C15H21F3N2. The van der Waals surface area contributed by atoms with E-state index in [1.165, 1.54) is 0 Å². The molecule has 1 aromatic rings. The molecule has 1 fully saturated rings. The van der Waals surface area contributed by atoms with Crippen LogP contribution in [0, 0.1) is 23.4 Å². The summed E-state index contributed by atoms with van der Waals surface area (Å²) < 4.78 is 40.6. The Bertz CT molecular complexity index is 465. The molecule has 0 aliphatic carbocycles. The molecule has 20 heavy (non-hydrogen) atoms. The summed E-state index contributed by atoms with van der Waals surface area (Å²) in [5.41, 5.74) is 0.258. The van der Waals surface area contributed by atoms with Gasteiger partial charge in [0, 0.05) is 17.7 Å². The average Bonchev–Trinajstić information content (AvgIpc) is 2.41. The molecule has 2 atom stereocenters. The van der Waals surface area contributed by atoms with Crippen molar-refractivity contribution in [1.82, 2.24) is 10.2 Å². The van der Waals surface area contributed by atoms with Gasteiger partial charge < -0.3 is 5.32 Å². The first kappa shape index (κ1) is 15.3. The Balaban J connectivity index is 2.32. The van der Waals surface area contributed by atoms with Crippen molar-refractivity contribution in [2.75, 3.05) is 26.7 Å². The van der Waals surface area contributed by atoms with Gasteiger partial charge >= 0.3 is 0 Å². The molecule has 5 heteroatoms. The minimum atomic E-state index is -1.13. The van der Waals surface area contributed by atoms with Gasteiger partial charge in [0.25, 0.3) is 0 Å². The number of hydrogen-bond donors (Lipinski definition) is 1. The number of nitrogens with zero attached hydrogens (tertiary/aromatic N) is 1. The molecular weight excluding hydrogens is 265 g/mol. The Morgan fingerprint density at radius 1 is 1.20 bits per heavy atom. The second-order valence-corrected chi connectivity index (χ2v) is 5.42. The molecule has 1 heterocycles. The zero-order valence-electron chi connectivity index (χ0n) is 11.9. The second kappa shape index (κ2) is 6.59. The van der Waals surface area contributed by atoms with E-state index in [0.29, 0.717) is 6.07 Å². The van der Waals surface area contributed by atoms with Crippen molar-refractivity contribution >= 4 is 0 Å². The van der Waals surface area contributed by atoms with Crippen LogP contribution in [0.15, 0.2) is 12.1 Å². The van der Waals surface area contributed by atoms with E-state index in [1.54, 1.807) is 0 Å². The van der Waals surface area contributed by atoms with E-state index in [2.05, 4.69) is 5.32 Å². The van der Waals surface area contributed by atoms with Crippen molar-refractivity contribution in [3.8, 4) is 0 Å². The van der Waals surface area contributed by atoms with Gasteiger partial charge in [-0.15, -0.1) is 0 Å². The maximum atomic E-state index is 14.0. The van der Waals surface area contributed by atoms with Crippen molar-refractivity contribution in [3.63, 3.8) is 0 Å². The standard InChI is InChI=1S/C15H21F3N2/c1-3-19-9-10-5-4-6-20(2)15(10)11-7-13(17)14(18)8-12(11)16/h7-8,10,15,19H,3-6,9H2,1-2H3. The molecule has 1 N–H and O–H groups in total. The summed E-state index contributed by atoms with van der Waals surface area (Å²) in [4.78, 5) is 2.03. The zero-order valence-corrected chi connectivity index (χ0v) is 11.9. The van der Waals surface area contributed by atoms with E-state index < -0.39 is 17.5 Å². The predicted molar refractivity (Wildman–Crippen MR) is 73.0 cm³/mol. The Kier molecular flexibility index (Phi) is 5.05. The lowest BCUT2D eigenvalue weighted by molar-refractivity contribution is 0.116. The van der Waals surface area contributed by atoms with Crippen molar-refractivity contribution < 1.29 is 13.2 Å². The molecule has 1 aliphatic heterocycles. The molecule has 0 radical (unpaired) electrons. The maximum Gasteiger partial charge on any atom is 0.161 e. The molecule has 0 amide bonds. The quantitative estimate of drug-likeness (QED) is 0.856. The molecule has 2 nitrogen and oxygen atoms in total. The van der Waals surface area contributed by atoms with Crippen molar-refractivity contribution in [3.05, 3.63) is 35.1 Å². The van der Waals surface area contributed by atoms with Gasteiger partial charge in [0.15, 0.2) is 11.6 Å². The zero-order chi connectivity index (χ0) is 14.7. The molecule has 1 aliphatic rings. The monoisotopic (exact) mass is 286 g/mol. The first-order valence-corrected chi connectivity index (χ1v) is 7.10. The van der Waals surface area contributed by atoms with Gasteiger partial charge in [-0.25, -0.2) is 13.2 Å². The van der Waals surface area contributed by atoms with Gasteiger partial charge in [0.1, 0.15) is 5.82 Å². The van der Waals surface area contributed by atoms with Crippen LogP contribution in [-0.2, 0) is 0 Å². The second-order valence-electron chi connectivity index (χ2n) is 5.42. The van der Waals surface area contributed by atoms with E-state index in [9.17, 15) is 13.2 Å². The first-order chi connectivity index (χ1) is 9.54. The van der Waals surface area contributed by atoms with Crippen LogP contribution in [0.5, 0.6) is 0 Å². The van der Waals surface area contributed by atoms with Gasteiger partial charge in [-0.1, -0.05) is 6.92 Å². The summed E-state index contributed by atoms with van der Waals surface area (Å²) in [6, 6.07) is 1.45. The summed E-state index contributed by atoms with van der Waals surface area (Å²) >= 11 is 0. The molecule has 1 aromatic carbocycles. The van der Waals surface area contributed by atoms with Gasteiger partial charge in [-0.05, 0) is 51.5 Å². The first-order valence-electron chi connectivity index (χ1n) is 7.10. The van der Waals surface area contributed by atoms with Crippen LogP contribution in [0.3, 0.4) is 0 Å². The van der Waals surface area contributed by atoms with Crippen LogP contribution in [0.1, 0.15) is 31.4 Å². The van der Waals surface area contributed by atoms with E-state index in [-0.39, 0.29) is 17.5 Å². The third kappa shape index (κ3) is 3.15. The van der Waals surface area contributed by atoms with E-state index in [1.807, 2.05) is 18.9 Å². The summed E-state index contributed by atoms with van der Waals surface area (Å²) in [5, 5.41) is 3.27. The summed E-state index contributed by atoms with van der Waals surface area (Å²) in [6.07, 6.45) is 1.99. The van der Waals surface area contributed by atoms with Crippen LogP contribution >= 0.6 is 0 Å². The molecule has 0 saturated carbocycles. The topological polar surface area (TPSA) is 15.3 Å². The molecule has 2 unspecified atom stereocenters. The van der Waals surface area contributed by atoms with Gasteiger partial charge in [0.05, 0.1) is 0 Å². The molecule has 0 aromatic heterocycles. The Morgan fingerprint density at radius 3 is 2.60 bits per heavy atom. The molecule has 0 bridgehead atoms. The molecule has 2 rings (SSSR count). The third-order valence-corrected chi connectivity index (χ3v) is 4.02. The summed E-state index contributed by atoms with van der Waals surface area (Å²) in [7, 11) is 1.91. The van der Waals surface area contributed by atoms with Crippen LogP contribution < -0.4 is 5.32 Å². The minimum absolute atomic E-state index is 0.202. The lowest BCUT2D eigenvalue weighted by atomic mass is 9.84. The number of benzene rings is 1. The predicted octanol–water partition coefficient (Wildman–Crippen LogP) is 3.10. The lowest BCUT2D eigenvalue weighted by Gasteiger charge is -2.39. The fourth-order valence-electron chi connectivity index (χ4n) is 3.06. The normalized spacial score (nSPS) is 24.1. The van der Waals surface area contributed by atoms with E-state index >= 15 is 0 Å². The van der Waals surface area contributed by atoms with Crippen molar-refractivity contribution in [1.29, 1.82) is 0 Å². The number of rotatable bonds is 4. The lowest BCUT2D eigenvalue weighted by Crippen LogP contribution is -2.41. The van der Waals surface area contributed by atoms with E-state index in [4.69, 9.17) is 0 Å². The number of piperidine rings is 1.